The number of halogens is 1. The summed E-state index contributed by atoms with van der Waals surface area (Å²) in [6, 6.07) is 7.30. The Hall–Kier alpha value is -1.75. The fourth-order valence-corrected chi connectivity index (χ4v) is 8.12. The van der Waals surface area contributed by atoms with Gasteiger partial charge in [-0.1, -0.05) is 18.2 Å². The molecule has 0 aliphatic carbocycles. The first-order valence-corrected chi connectivity index (χ1v) is 11.8. The lowest BCUT2D eigenvalue weighted by Crippen LogP contribution is -2.13. The summed E-state index contributed by atoms with van der Waals surface area (Å²) >= 11 is 0. The topological polar surface area (TPSA) is 118 Å². The van der Waals surface area contributed by atoms with Gasteiger partial charge in [-0.2, -0.15) is 0 Å². The highest BCUT2D eigenvalue weighted by molar-refractivity contribution is 8.86. The first-order chi connectivity index (χ1) is 11.1. The van der Waals surface area contributed by atoms with Crippen LogP contribution in [-0.4, -0.2) is 37.8 Å². The monoisotopic (exact) mass is 405 g/mol. The molecule has 24 heavy (non-hydrogen) atoms. The molecule has 0 spiro atoms. The van der Waals surface area contributed by atoms with Crippen molar-refractivity contribution in [2.75, 3.05) is 0 Å². The molecule has 0 bridgehead atoms. The van der Waals surface area contributed by atoms with Gasteiger partial charge < -0.3 is 5.11 Å². The zero-order valence-electron chi connectivity index (χ0n) is 11.6. The molecule has 1 N–H and O–H groups in total. The van der Waals surface area contributed by atoms with E-state index in [-0.39, 0.29) is 20.4 Å². The third-order valence-electron chi connectivity index (χ3n) is 3.11. The lowest BCUT2D eigenvalue weighted by molar-refractivity contribution is -0.129. The fourth-order valence-electron chi connectivity index (χ4n) is 2.11. The number of hydrogen-bond acceptors (Lipinski definition) is 6. The smallest absolute Gasteiger partial charge is 0.342 e. The van der Waals surface area contributed by atoms with Crippen LogP contribution in [0.1, 0.15) is 0 Å². The van der Waals surface area contributed by atoms with Gasteiger partial charge in [-0.05, 0) is 33.8 Å². The molecule has 0 saturated carbocycles. The molecule has 2 aliphatic heterocycles. The maximum absolute atomic E-state index is 12.9. The Morgan fingerprint density at radius 3 is 2.25 bits per heavy atom. The summed E-state index contributed by atoms with van der Waals surface area (Å²) in [6.45, 7) is 0. The van der Waals surface area contributed by atoms with Crippen molar-refractivity contribution in [1.82, 2.24) is 0 Å². The van der Waals surface area contributed by atoms with E-state index < -0.39 is 38.4 Å². The Morgan fingerprint density at radius 2 is 1.71 bits per heavy atom. The highest BCUT2D eigenvalue weighted by Gasteiger charge is 2.38. The van der Waals surface area contributed by atoms with Crippen molar-refractivity contribution < 1.29 is 26.7 Å². The van der Waals surface area contributed by atoms with E-state index in [1.807, 2.05) is 0 Å². The predicted molar refractivity (Wildman–Crippen MR) is 92.2 cm³/mol. The molecule has 0 fully saturated rings. The van der Waals surface area contributed by atoms with Crippen molar-refractivity contribution in [3.8, 4) is 0 Å². The van der Waals surface area contributed by atoms with E-state index in [2.05, 4.69) is 4.99 Å². The average Bonchev–Trinajstić information content (AvgIpc) is 3.04. The number of rotatable bonds is 4. The van der Waals surface area contributed by atoms with E-state index in [9.17, 15) is 26.7 Å². The summed E-state index contributed by atoms with van der Waals surface area (Å²) in [5, 5.41) is 8.68. The van der Waals surface area contributed by atoms with Crippen molar-refractivity contribution >= 4 is 54.0 Å². The summed E-state index contributed by atoms with van der Waals surface area (Å²) in [5.74, 6) is -1.41. The molecule has 2 aliphatic rings. The zero-order valence-corrected chi connectivity index (χ0v) is 14.8. The number of nitrogens with zero attached hydrogens (tertiary/aromatic N) is 1. The summed E-state index contributed by atoms with van der Waals surface area (Å²) < 4.78 is 48.5. The minimum atomic E-state index is -4.16. The summed E-state index contributed by atoms with van der Waals surface area (Å²) in [7, 11) is -4.97. The van der Waals surface area contributed by atoms with Gasteiger partial charge in [-0.3, -0.25) is 0 Å². The van der Waals surface area contributed by atoms with Gasteiger partial charge in [0.1, 0.15) is 9.91 Å². The summed E-state index contributed by atoms with van der Waals surface area (Å²) in [6.07, 6.45) is 2.17. The molecule has 0 aromatic heterocycles. The first kappa shape index (κ1) is 17.1. The molecule has 1 unspecified atom stereocenters. The van der Waals surface area contributed by atoms with Crippen molar-refractivity contribution in [2.45, 2.75) is 4.90 Å². The van der Waals surface area contributed by atoms with Crippen LogP contribution < -0.4 is 0 Å². The fraction of sp³-hybridized carbons (Fsp3) is 0. The largest absolute Gasteiger partial charge is 0.477 e. The van der Waals surface area contributed by atoms with Gasteiger partial charge in [-0.25, -0.2) is 26.6 Å². The van der Waals surface area contributed by atoms with Crippen molar-refractivity contribution in [1.29, 1.82) is 0 Å². The Bertz CT molecular complexity index is 1100. The maximum atomic E-state index is 12.9. The Labute approximate surface area is 143 Å². The van der Waals surface area contributed by atoms with E-state index in [4.69, 9.17) is 10.7 Å². The van der Waals surface area contributed by atoms with Gasteiger partial charge >= 0.3 is 5.97 Å². The normalized spacial score (nSPS) is 20.3. The molecule has 7 nitrogen and oxygen atoms in total. The minimum Gasteiger partial charge on any atom is -0.477 e. The van der Waals surface area contributed by atoms with Crippen LogP contribution in [0, 0.1) is 0 Å². The van der Waals surface area contributed by atoms with Crippen LogP contribution in [0.3, 0.4) is 0 Å². The standard InChI is InChI=1S/C13H8ClNO6S3/c14-23(18,19)11-7-8-6-10(13(16)17)22(12(8)15-11)24(20,21)9-4-2-1-3-5-9/h1-7H,(H,16,17). The Morgan fingerprint density at radius 1 is 1.08 bits per heavy atom. The van der Waals surface area contributed by atoms with Crippen LogP contribution in [-0.2, 0) is 22.7 Å². The molecule has 1 atom stereocenters. The number of carbonyl (C=O) groups is 1. The minimum absolute atomic E-state index is 0.0772. The lowest BCUT2D eigenvalue weighted by atomic mass is 10.2. The number of benzene rings is 1. The van der Waals surface area contributed by atoms with Crippen LogP contribution in [0.5, 0.6) is 0 Å². The third-order valence-corrected chi connectivity index (χ3v) is 9.86. The molecule has 126 valence electrons. The van der Waals surface area contributed by atoms with Gasteiger partial charge in [0.2, 0.25) is 8.87 Å². The van der Waals surface area contributed by atoms with E-state index in [0.717, 1.165) is 12.2 Å². The number of fused-ring (bicyclic) bond motifs is 1. The second kappa shape index (κ2) is 5.66. The average molecular weight is 406 g/mol. The second-order valence-electron chi connectivity index (χ2n) is 4.64. The van der Waals surface area contributed by atoms with Gasteiger partial charge in [0.05, 0.1) is 4.90 Å². The Balaban J connectivity index is 2.23. The number of carboxylic acids is 1. The van der Waals surface area contributed by atoms with Gasteiger partial charge in [0.15, 0.2) is 5.03 Å². The second-order valence-corrected chi connectivity index (χ2v) is 12.2. The zero-order chi connectivity index (χ0) is 17.7. The maximum Gasteiger partial charge on any atom is 0.342 e. The Kier molecular flexibility index (Phi) is 4.03. The molecule has 0 radical (unpaired) electrons. The summed E-state index contributed by atoms with van der Waals surface area (Å²) in [5.41, 5.74) is 0.120. The SMILES string of the molecule is O=C(O)C1=S(S(=O)(=O)c2ccccc2)C2=NC(S(=O)(=O)Cl)=CC2=C1. The predicted octanol–water partition coefficient (Wildman–Crippen LogP) is 1.66. The van der Waals surface area contributed by atoms with Gasteiger partial charge in [-0.15, -0.1) is 0 Å². The molecule has 0 saturated heterocycles. The van der Waals surface area contributed by atoms with Crippen LogP contribution in [0.4, 0.5) is 0 Å². The molecule has 11 heteroatoms. The number of aliphatic carboxylic acids is 1. The molecule has 2 heterocycles. The summed E-state index contributed by atoms with van der Waals surface area (Å²) in [4.78, 5) is 14.8. The van der Waals surface area contributed by atoms with Crippen LogP contribution >= 0.6 is 20.2 Å². The van der Waals surface area contributed by atoms with Gasteiger partial charge in [0.25, 0.3) is 9.05 Å². The van der Waals surface area contributed by atoms with Crippen LogP contribution in [0.2, 0.25) is 0 Å². The van der Waals surface area contributed by atoms with Crippen molar-refractivity contribution in [3.05, 3.63) is 53.1 Å². The molecular weight excluding hydrogens is 398 g/mol. The highest BCUT2D eigenvalue weighted by atomic mass is 35.7. The molecule has 1 aromatic carbocycles. The van der Waals surface area contributed by atoms with E-state index in [1.54, 1.807) is 6.07 Å². The molecule has 3 rings (SSSR count). The van der Waals surface area contributed by atoms with E-state index in [1.165, 1.54) is 24.3 Å². The molecule has 1 aromatic rings. The third kappa shape index (κ3) is 2.75. The first-order valence-electron chi connectivity index (χ1n) is 6.24. The highest BCUT2D eigenvalue weighted by Crippen LogP contribution is 2.44. The number of carboxylic acid groups (broad SMARTS) is 1. The quantitative estimate of drug-likeness (QED) is 0.462. The van der Waals surface area contributed by atoms with E-state index >= 15 is 0 Å². The van der Waals surface area contributed by atoms with E-state index in [0.29, 0.717) is 0 Å². The molecule has 0 amide bonds. The van der Waals surface area contributed by atoms with Gasteiger partial charge in [0, 0.05) is 16.3 Å². The lowest BCUT2D eigenvalue weighted by Gasteiger charge is -2.09. The molecular formula is C13H8ClNO6S3. The van der Waals surface area contributed by atoms with Crippen LogP contribution in [0.25, 0.3) is 0 Å². The number of hydrogen-bond donors (Lipinski definition) is 1. The van der Waals surface area contributed by atoms with Crippen molar-refractivity contribution in [2.24, 2.45) is 4.99 Å². The van der Waals surface area contributed by atoms with Crippen molar-refractivity contribution in [3.63, 3.8) is 0 Å². The van der Waals surface area contributed by atoms with Crippen LogP contribution in [0.15, 0.2) is 63.0 Å². The number of allylic oxidation sites excluding steroid dienone is 1. The number of aliphatic imine (C=N–C) groups is 1.